The van der Waals surface area contributed by atoms with Gasteiger partial charge in [0, 0.05) is 6.20 Å². The van der Waals surface area contributed by atoms with E-state index in [1.54, 1.807) is 16.8 Å². The maximum absolute atomic E-state index is 9.98. The van der Waals surface area contributed by atoms with Crippen LogP contribution >= 0.6 is 11.6 Å². The molecule has 1 aliphatic heterocycles. The molecule has 1 saturated heterocycles. The summed E-state index contributed by atoms with van der Waals surface area (Å²) in [6, 6.07) is 1.70. The number of hydrogen-bond donors (Lipinski definition) is 3. The van der Waals surface area contributed by atoms with Crippen LogP contribution in [0.1, 0.15) is 6.23 Å². The summed E-state index contributed by atoms with van der Waals surface area (Å²) in [7, 11) is 0. The highest BCUT2D eigenvalue weighted by Crippen LogP contribution is 2.32. The van der Waals surface area contributed by atoms with Crippen LogP contribution in [0, 0.1) is 0 Å². The minimum Gasteiger partial charge on any atom is -0.394 e. The third kappa shape index (κ3) is 1.90. The molecular formula is C11H12ClN3O4. The average Bonchev–Trinajstić information content (AvgIpc) is 2.94. The van der Waals surface area contributed by atoms with E-state index in [0.717, 1.165) is 0 Å². The zero-order valence-electron chi connectivity index (χ0n) is 9.72. The molecule has 1 unspecified atom stereocenters. The summed E-state index contributed by atoms with van der Waals surface area (Å²) in [5.41, 5.74) is 0.495. The van der Waals surface area contributed by atoms with Gasteiger partial charge in [0.05, 0.1) is 12.0 Å². The Morgan fingerprint density at radius 3 is 2.79 bits per heavy atom. The number of aliphatic hydroxyl groups is 3. The number of fused-ring (bicyclic) bond motifs is 1. The molecule has 3 heterocycles. The van der Waals surface area contributed by atoms with Gasteiger partial charge in [-0.15, -0.1) is 0 Å². The molecule has 0 bridgehead atoms. The van der Waals surface area contributed by atoms with Crippen LogP contribution in [0.15, 0.2) is 18.6 Å². The summed E-state index contributed by atoms with van der Waals surface area (Å²) < 4.78 is 7.00. The Kier molecular flexibility index (Phi) is 3.15. The van der Waals surface area contributed by atoms with Gasteiger partial charge < -0.3 is 24.6 Å². The minimum atomic E-state index is -1.15. The number of aromatic nitrogens is 3. The number of hydrogen-bond acceptors (Lipinski definition) is 6. The van der Waals surface area contributed by atoms with E-state index in [-0.39, 0.29) is 6.61 Å². The smallest absolute Gasteiger partial charge is 0.164 e. The third-order valence-electron chi connectivity index (χ3n) is 3.25. The van der Waals surface area contributed by atoms with Crippen LogP contribution in [-0.4, -0.2) is 54.8 Å². The molecule has 0 amide bonds. The van der Waals surface area contributed by atoms with Crippen molar-refractivity contribution in [3.63, 3.8) is 0 Å². The first kappa shape index (κ1) is 12.8. The molecule has 8 heteroatoms. The normalized spacial score (nSPS) is 31.2. The Morgan fingerprint density at radius 1 is 1.32 bits per heavy atom. The van der Waals surface area contributed by atoms with Crippen LogP contribution in [0.25, 0.3) is 11.0 Å². The van der Waals surface area contributed by atoms with E-state index in [1.807, 2.05) is 0 Å². The maximum atomic E-state index is 9.98. The SMILES string of the molecule is OC[C@H]1O[C@@H](n2ccc3c(Cl)ncnc32)C(O)[C@H]1O. The predicted molar refractivity (Wildman–Crippen MR) is 65.5 cm³/mol. The van der Waals surface area contributed by atoms with Crippen molar-refractivity contribution in [1.82, 2.24) is 14.5 Å². The molecule has 19 heavy (non-hydrogen) atoms. The van der Waals surface area contributed by atoms with Gasteiger partial charge >= 0.3 is 0 Å². The molecule has 3 N–H and O–H groups in total. The van der Waals surface area contributed by atoms with Crippen LogP contribution in [-0.2, 0) is 4.74 Å². The van der Waals surface area contributed by atoms with Gasteiger partial charge in [0.2, 0.25) is 0 Å². The van der Waals surface area contributed by atoms with Crippen molar-refractivity contribution in [2.45, 2.75) is 24.5 Å². The molecular weight excluding hydrogens is 274 g/mol. The Bertz CT molecular complexity index is 605. The first-order valence-corrected chi connectivity index (χ1v) is 6.10. The van der Waals surface area contributed by atoms with E-state index >= 15 is 0 Å². The van der Waals surface area contributed by atoms with Crippen LogP contribution in [0.4, 0.5) is 0 Å². The molecule has 1 aliphatic rings. The first-order chi connectivity index (χ1) is 9.13. The highest BCUT2D eigenvalue weighted by molar-refractivity contribution is 6.33. The lowest BCUT2D eigenvalue weighted by Crippen LogP contribution is -2.33. The van der Waals surface area contributed by atoms with E-state index in [2.05, 4.69) is 9.97 Å². The number of aliphatic hydroxyl groups excluding tert-OH is 3. The first-order valence-electron chi connectivity index (χ1n) is 5.73. The largest absolute Gasteiger partial charge is 0.394 e. The van der Waals surface area contributed by atoms with Crippen molar-refractivity contribution in [3.8, 4) is 0 Å². The van der Waals surface area contributed by atoms with Crippen molar-refractivity contribution < 1.29 is 20.1 Å². The van der Waals surface area contributed by atoms with Crippen molar-refractivity contribution in [2.75, 3.05) is 6.61 Å². The van der Waals surface area contributed by atoms with Gasteiger partial charge in [-0.1, -0.05) is 11.6 Å². The second-order valence-electron chi connectivity index (χ2n) is 4.35. The van der Waals surface area contributed by atoms with Gasteiger partial charge in [-0.2, -0.15) is 0 Å². The zero-order valence-corrected chi connectivity index (χ0v) is 10.5. The number of nitrogens with zero attached hydrogens (tertiary/aromatic N) is 3. The second kappa shape index (κ2) is 4.69. The maximum Gasteiger partial charge on any atom is 0.164 e. The van der Waals surface area contributed by atoms with E-state index in [0.29, 0.717) is 16.2 Å². The molecule has 1 fully saturated rings. The van der Waals surface area contributed by atoms with Gasteiger partial charge in [-0.05, 0) is 6.07 Å². The number of halogens is 1. The molecule has 2 aromatic rings. The van der Waals surface area contributed by atoms with Crippen molar-refractivity contribution in [3.05, 3.63) is 23.7 Å². The lowest BCUT2D eigenvalue weighted by molar-refractivity contribution is -0.0508. The standard InChI is InChI=1S/C11H12ClN3O4/c12-9-5-1-2-15(10(5)14-4-13-9)11-8(18)7(17)6(3-16)19-11/h1-2,4,6-8,11,16-18H,3H2/t6-,7+,8?,11-/m1/s1. The molecule has 0 aromatic carbocycles. The lowest BCUT2D eigenvalue weighted by Gasteiger charge is -2.17. The van der Waals surface area contributed by atoms with E-state index < -0.39 is 24.5 Å². The zero-order chi connectivity index (χ0) is 13.6. The Labute approximate surface area is 113 Å². The Morgan fingerprint density at radius 2 is 2.11 bits per heavy atom. The topological polar surface area (TPSA) is 101 Å². The summed E-state index contributed by atoms with van der Waals surface area (Å²) in [6.45, 7) is -0.371. The van der Waals surface area contributed by atoms with Gasteiger partial charge in [-0.25, -0.2) is 9.97 Å². The summed E-state index contributed by atoms with van der Waals surface area (Å²) in [5, 5.41) is 29.7. The molecule has 0 radical (unpaired) electrons. The molecule has 2 aromatic heterocycles. The van der Waals surface area contributed by atoms with E-state index in [9.17, 15) is 10.2 Å². The Balaban J connectivity index is 2.04. The van der Waals surface area contributed by atoms with E-state index in [4.69, 9.17) is 21.4 Å². The predicted octanol–water partition coefficient (Wildman–Crippen LogP) is -0.304. The monoisotopic (exact) mass is 285 g/mol. The number of ether oxygens (including phenoxy) is 1. The van der Waals surface area contributed by atoms with Gasteiger partial charge in [0.25, 0.3) is 0 Å². The van der Waals surface area contributed by atoms with E-state index in [1.165, 1.54) is 6.33 Å². The molecule has 0 saturated carbocycles. The van der Waals surface area contributed by atoms with Crippen LogP contribution < -0.4 is 0 Å². The number of rotatable bonds is 2. The molecule has 4 atom stereocenters. The highest BCUT2D eigenvalue weighted by atomic mass is 35.5. The fourth-order valence-corrected chi connectivity index (χ4v) is 2.45. The highest BCUT2D eigenvalue weighted by Gasteiger charge is 2.43. The molecule has 0 spiro atoms. The van der Waals surface area contributed by atoms with Crippen LogP contribution in [0.3, 0.4) is 0 Å². The lowest BCUT2D eigenvalue weighted by atomic mass is 10.1. The molecule has 3 rings (SSSR count). The summed E-state index contributed by atoms with van der Waals surface area (Å²) in [6.07, 6.45) is -0.995. The Hall–Kier alpha value is -1.25. The fraction of sp³-hybridized carbons (Fsp3) is 0.455. The van der Waals surface area contributed by atoms with Crippen LogP contribution in [0.5, 0.6) is 0 Å². The molecule has 0 aliphatic carbocycles. The average molecular weight is 286 g/mol. The van der Waals surface area contributed by atoms with Gasteiger partial charge in [0.15, 0.2) is 6.23 Å². The van der Waals surface area contributed by atoms with Gasteiger partial charge in [-0.3, -0.25) is 0 Å². The van der Waals surface area contributed by atoms with Crippen molar-refractivity contribution >= 4 is 22.6 Å². The molecule has 102 valence electrons. The van der Waals surface area contributed by atoms with Crippen molar-refractivity contribution in [2.24, 2.45) is 0 Å². The fourth-order valence-electron chi connectivity index (χ4n) is 2.26. The third-order valence-corrected chi connectivity index (χ3v) is 3.55. The van der Waals surface area contributed by atoms with Crippen molar-refractivity contribution in [1.29, 1.82) is 0 Å². The molecule has 7 nitrogen and oxygen atoms in total. The van der Waals surface area contributed by atoms with Crippen LogP contribution in [0.2, 0.25) is 5.15 Å². The minimum absolute atomic E-state index is 0.301. The quantitative estimate of drug-likeness (QED) is 0.655. The summed E-state index contributed by atoms with van der Waals surface area (Å²) >= 11 is 5.94. The summed E-state index contributed by atoms with van der Waals surface area (Å²) in [5.74, 6) is 0. The summed E-state index contributed by atoms with van der Waals surface area (Å²) in [4.78, 5) is 7.95. The second-order valence-corrected chi connectivity index (χ2v) is 4.71. The van der Waals surface area contributed by atoms with Gasteiger partial charge in [0.1, 0.15) is 35.4 Å².